The number of aliphatic hydroxyl groups excluding tert-OH is 1. The quantitative estimate of drug-likeness (QED) is 0.874. The highest BCUT2D eigenvalue weighted by Crippen LogP contribution is 2.54. The number of furan rings is 1. The SMILES string of the molecule is O=S1(=O)CC[C@@]2(C(F)(F)F)CN(C[C@@H](O)c3cc4ccccc4o3)C[C@H]21. The van der Waals surface area contributed by atoms with Crippen molar-refractivity contribution in [1.29, 1.82) is 0 Å². The maximum atomic E-state index is 13.7. The van der Waals surface area contributed by atoms with Crippen LogP contribution in [0, 0.1) is 5.41 Å². The van der Waals surface area contributed by atoms with E-state index in [0.29, 0.717) is 5.58 Å². The monoisotopic (exact) mass is 389 g/mol. The maximum absolute atomic E-state index is 13.7. The summed E-state index contributed by atoms with van der Waals surface area (Å²) in [7, 11) is -3.79. The molecule has 4 rings (SSSR count). The minimum atomic E-state index is -4.60. The number of nitrogens with zero attached hydrogens (tertiary/aromatic N) is 1. The van der Waals surface area contributed by atoms with E-state index in [9.17, 15) is 26.7 Å². The molecule has 3 atom stereocenters. The van der Waals surface area contributed by atoms with Gasteiger partial charge in [-0.25, -0.2) is 8.42 Å². The number of sulfone groups is 1. The lowest BCUT2D eigenvalue weighted by molar-refractivity contribution is -0.216. The summed E-state index contributed by atoms with van der Waals surface area (Å²) in [4.78, 5) is 1.38. The Morgan fingerprint density at radius 1 is 1.35 bits per heavy atom. The van der Waals surface area contributed by atoms with Gasteiger partial charge in [0, 0.05) is 25.0 Å². The van der Waals surface area contributed by atoms with Crippen molar-refractivity contribution in [2.45, 2.75) is 24.0 Å². The molecular formula is C17H18F3NO4S. The fraction of sp³-hybridized carbons (Fsp3) is 0.529. The van der Waals surface area contributed by atoms with Crippen LogP contribution in [0.25, 0.3) is 11.0 Å². The fourth-order valence-corrected chi connectivity index (χ4v) is 6.58. The molecule has 1 aromatic carbocycles. The number of likely N-dealkylation sites (tertiary alicyclic amines) is 1. The largest absolute Gasteiger partial charge is 0.458 e. The van der Waals surface area contributed by atoms with Crippen LogP contribution in [-0.4, -0.2) is 55.2 Å². The predicted molar refractivity (Wildman–Crippen MR) is 88.3 cm³/mol. The van der Waals surface area contributed by atoms with Crippen LogP contribution in [0.5, 0.6) is 0 Å². The highest BCUT2D eigenvalue weighted by atomic mass is 32.2. The van der Waals surface area contributed by atoms with Crippen molar-refractivity contribution >= 4 is 20.8 Å². The Labute approximate surface area is 148 Å². The van der Waals surface area contributed by atoms with E-state index in [0.717, 1.165) is 5.39 Å². The number of hydrogen-bond acceptors (Lipinski definition) is 5. The number of fused-ring (bicyclic) bond motifs is 2. The number of alkyl halides is 3. The van der Waals surface area contributed by atoms with Crippen LogP contribution in [0.2, 0.25) is 0 Å². The first kappa shape index (κ1) is 17.8. The lowest BCUT2D eigenvalue weighted by Gasteiger charge is -2.30. The lowest BCUT2D eigenvalue weighted by Crippen LogP contribution is -2.45. The van der Waals surface area contributed by atoms with Gasteiger partial charge in [0.1, 0.15) is 17.4 Å². The molecule has 0 unspecified atom stereocenters. The molecule has 26 heavy (non-hydrogen) atoms. The number of β-amino-alcohol motifs (C(OH)–C–C–N with tert-alkyl or cyclic N) is 1. The van der Waals surface area contributed by atoms with Crippen LogP contribution in [0.4, 0.5) is 13.2 Å². The summed E-state index contributed by atoms with van der Waals surface area (Å²) in [6, 6.07) is 8.78. The van der Waals surface area contributed by atoms with E-state index in [1.54, 1.807) is 24.3 Å². The lowest BCUT2D eigenvalue weighted by atomic mass is 9.83. The molecule has 2 aliphatic rings. The average Bonchev–Trinajstić information content (AvgIpc) is 3.20. The summed E-state index contributed by atoms with van der Waals surface area (Å²) in [5.74, 6) is -0.177. The second-order valence-corrected chi connectivity index (χ2v) is 9.46. The third-order valence-corrected chi connectivity index (χ3v) is 7.82. The highest BCUT2D eigenvalue weighted by Gasteiger charge is 2.69. The van der Waals surface area contributed by atoms with E-state index in [2.05, 4.69) is 0 Å². The van der Waals surface area contributed by atoms with Gasteiger partial charge in [0.05, 0.1) is 16.4 Å². The van der Waals surface area contributed by atoms with E-state index in [-0.39, 0.29) is 18.8 Å². The number of rotatable bonds is 3. The molecule has 2 aliphatic heterocycles. The molecule has 0 bridgehead atoms. The van der Waals surface area contributed by atoms with Crippen molar-refractivity contribution in [3.8, 4) is 0 Å². The molecule has 2 aromatic rings. The molecule has 0 spiro atoms. The molecule has 2 saturated heterocycles. The zero-order chi connectivity index (χ0) is 18.7. The molecule has 5 nitrogen and oxygen atoms in total. The van der Waals surface area contributed by atoms with E-state index < -0.39 is 51.5 Å². The normalized spacial score (nSPS) is 29.9. The Bertz CT molecular complexity index is 906. The number of aliphatic hydroxyl groups is 1. The zero-order valence-corrected chi connectivity index (χ0v) is 14.6. The van der Waals surface area contributed by atoms with Gasteiger partial charge in [-0.15, -0.1) is 0 Å². The Balaban J connectivity index is 1.56. The van der Waals surface area contributed by atoms with Gasteiger partial charge in [0.25, 0.3) is 0 Å². The zero-order valence-electron chi connectivity index (χ0n) is 13.7. The summed E-state index contributed by atoms with van der Waals surface area (Å²) in [6.45, 7) is -0.750. The van der Waals surface area contributed by atoms with Crippen molar-refractivity contribution in [2.75, 3.05) is 25.4 Å². The van der Waals surface area contributed by atoms with Crippen molar-refractivity contribution in [3.05, 3.63) is 36.1 Å². The number of benzene rings is 1. The molecule has 0 saturated carbocycles. The van der Waals surface area contributed by atoms with Crippen LogP contribution in [0.15, 0.2) is 34.7 Å². The van der Waals surface area contributed by atoms with Crippen LogP contribution in [0.1, 0.15) is 18.3 Å². The van der Waals surface area contributed by atoms with Gasteiger partial charge >= 0.3 is 6.18 Å². The number of hydrogen-bond donors (Lipinski definition) is 1. The van der Waals surface area contributed by atoms with Gasteiger partial charge in [0.2, 0.25) is 0 Å². The minimum Gasteiger partial charge on any atom is -0.458 e. The van der Waals surface area contributed by atoms with Gasteiger partial charge in [-0.05, 0) is 18.6 Å². The summed E-state index contributed by atoms with van der Waals surface area (Å²) in [6.07, 6.45) is -6.14. The molecule has 2 fully saturated rings. The first-order valence-electron chi connectivity index (χ1n) is 8.30. The molecule has 1 aromatic heterocycles. The van der Waals surface area contributed by atoms with Gasteiger partial charge in [0.15, 0.2) is 9.84 Å². The molecule has 0 amide bonds. The smallest absolute Gasteiger partial charge is 0.397 e. The summed E-state index contributed by atoms with van der Waals surface area (Å²) >= 11 is 0. The first-order chi connectivity index (χ1) is 12.1. The third kappa shape index (κ3) is 2.64. The highest BCUT2D eigenvalue weighted by molar-refractivity contribution is 7.92. The number of halogens is 3. The molecule has 9 heteroatoms. The molecule has 3 heterocycles. The standard InChI is InChI=1S/C17H18F3NO4S/c18-17(19,20)16-5-6-26(23,24)15(16)9-21(10-16)8-12(22)14-7-11-3-1-2-4-13(11)25-14/h1-4,7,12,15,22H,5-6,8-10H2/t12-,15-,16-/m1/s1. The Kier molecular flexibility index (Phi) is 3.91. The van der Waals surface area contributed by atoms with Gasteiger partial charge in [-0.2, -0.15) is 13.2 Å². The summed E-state index contributed by atoms with van der Waals surface area (Å²) in [5.41, 5.74) is -1.66. The topological polar surface area (TPSA) is 70.8 Å². The Hall–Kier alpha value is -1.58. The van der Waals surface area contributed by atoms with Crippen molar-refractivity contribution < 1.29 is 31.1 Å². The third-order valence-electron chi connectivity index (χ3n) is 5.58. The van der Waals surface area contributed by atoms with Crippen LogP contribution < -0.4 is 0 Å². The van der Waals surface area contributed by atoms with E-state index in [1.165, 1.54) is 4.90 Å². The van der Waals surface area contributed by atoms with Crippen molar-refractivity contribution in [2.24, 2.45) is 5.41 Å². The molecule has 0 radical (unpaired) electrons. The summed E-state index contributed by atoms with van der Waals surface area (Å²) in [5, 5.41) is 9.72. The van der Waals surface area contributed by atoms with Gasteiger partial charge < -0.3 is 9.52 Å². The summed E-state index contributed by atoms with van der Waals surface area (Å²) < 4.78 is 70.7. The number of para-hydroxylation sites is 1. The van der Waals surface area contributed by atoms with Gasteiger partial charge in [-0.3, -0.25) is 4.90 Å². The molecule has 1 N–H and O–H groups in total. The first-order valence-corrected chi connectivity index (χ1v) is 10.0. The second-order valence-electron chi connectivity index (χ2n) is 7.16. The Morgan fingerprint density at radius 3 is 2.73 bits per heavy atom. The van der Waals surface area contributed by atoms with E-state index in [4.69, 9.17) is 4.42 Å². The second kappa shape index (κ2) is 5.71. The van der Waals surface area contributed by atoms with E-state index in [1.807, 2.05) is 6.07 Å². The van der Waals surface area contributed by atoms with E-state index >= 15 is 0 Å². The van der Waals surface area contributed by atoms with Crippen molar-refractivity contribution in [1.82, 2.24) is 4.90 Å². The Morgan fingerprint density at radius 2 is 2.08 bits per heavy atom. The fourth-order valence-electron chi connectivity index (χ4n) is 4.19. The average molecular weight is 389 g/mol. The van der Waals surface area contributed by atoms with Crippen LogP contribution in [0.3, 0.4) is 0 Å². The van der Waals surface area contributed by atoms with Gasteiger partial charge in [-0.1, -0.05) is 18.2 Å². The molecule has 0 aliphatic carbocycles. The van der Waals surface area contributed by atoms with Crippen molar-refractivity contribution in [3.63, 3.8) is 0 Å². The van der Waals surface area contributed by atoms with Crippen LogP contribution >= 0.6 is 0 Å². The molecular weight excluding hydrogens is 371 g/mol. The minimum absolute atomic E-state index is 0.107. The predicted octanol–water partition coefficient (Wildman–Crippen LogP) is 2.52. The molecule has 142 valence electrons. The maximum Gasteiger partial charge on any atom is 0.397 e. The van der Waals surface area contributed by atoms with Crippen LogP contribution in [-0.2, 0) is 9.84 Å².